The number of carbonyl (C=O) groups excluding carboxylic acids is 2. The standard InChI is InChI=1S/C20H24N4O2S2/c1-3-24(12-18(25)21-11-15-7-6-10-27-15)14-20(26)23(2)13-19-22-16-8-4-5-9-17(16)28-19/h4-10H,3,11-14H2,1-2H3,(H,21,25)/p+1. The second-order valence-corrected chi connectivity index (χ2v) is 8.79. The number of quaternary nitrogens is 1. The lowest BCUT2D eigenvalue weighted by Gasteiger charge is -2.21. The highest BCUT2D eigenvalue weighted by Gasteiger charge is 2.20. The van der Waals surface area contributed by atoms with Crippen LogP contribution in [0.15, 0.2) is 41.8 Å². The van der Waals surface area contributed by atoms with E-state index in [9.17, 15) is 9.59 Å². The summed E-state index contributed by atoms with van der Waals surface area (Å²) in [5.74, 6) is -0.0194. The number of thiazole rings is 1. The number of nitrogens with one attached hydrogen (secondary N) is 2. The van der Waals surface area contributed by atoms with Crippen LogP contribution >= 0.6 is 22.7 Å². The largest absolute Gasteiger partial charge is 0.346 e. The summed E-state index contributed by atoms with van der Waals surface area (Å²) in [5.41, 5.74) is 0.964. The van der Waals surface area contributed by atoms with E-state index in [1.54, 1.807) is 34.6 Å². The maximum atomic E-state index is 12.6. The summed E-state index contributed by atoms with van der Waals surface area (Å²) in [4.78, 5) is 33.1. The fourth-order valence-electron chi connectivity index (χ4n) is 2.83. The third kappa shape index (κ3) is 5.60. The van der Waals surface area contributed by atoms with Gasteiger partial charge in [-0.2, -0.15) is 0 Å². The fourth-order valence-corrected chi connectivity index (χ4v) is 4.49. The minimum absolute atomic E-state index is 0.0159. The van der Waals surface area contributed by atoms with E-state index in [1.165, 1.54) is 0 Å². The second kappa shape index (κ2) is 9.77. The van der Waals surface area contributed by atoms with E-state index in [-0.39, 0.29) is 11.8 Å². The van der Waals surface area contributed by atoms with Crippen LogP contribution in [0.5, 0.6) is 0 Å². The number of thiophene rings is 1. The molecule has 0 fully saturated rings. The molecule has 0 radical (unpaired) electrons. The van der Waals surface area contributed by atoms with Crippen LogP contribution in [-0.2, 0) is 22.7 Å². The van der Waals surface area contributed by atoms with Crippen molar-refractivity contribution in [3.05, 3.63) is 51.7 Å². The predicted molar refractivity (Wildman–Crippen MR) is 113 cm³/mol. The van der Waals surface area contributed by atoms with Crippen molar-refractivity contribution in [1.82, 2.24) is 15.2 Å². The highest BCUT2D eigenvalue weighted by molar-refractivity contribution is 7.18. The number of hydrogen-bond donors (Lipinski definition) is 2. The predicted octanol–water partition coefficient (Wildman–Crippen LogP) is 1.54. The lowest BCUT2D eigenvalue weighted by atomic mass is 10.3. The Bertz CT molecular complexity index is 890. The molecule has 0 aliphatic rings. The molecule has 8 heteroatoms. The van der Waals surface area contributed by atoms with Gasteiger partial charge >= 0.3 is 0 Å². The molecule has 0 saturated carbocycles. The van der Waals surface area contributed by atoms with Crippen LogP contribution < -0.4 is 10.2 Å². The van der Waals surface area contributed by atoms with Gasteiger partial charge in [0.05, 0.1) is 29.9 Å². The van der Waals surface area contributed by atoms with E-state index >= 15 is 0 Å². The summed E-state index contributed by atoms with van der Waals surface area (Å²) in [7, 11) is 1.79. The number of benzene rings is 1. The maximum Gasteiger partial charge on any atom is 0.277 e. The van der Waals surface area contributed by atoms with Gasteiger partial charge in [-0.05, 0) is 30.5 Å². The maximum absolute atomic E-state index is 12.6. The molecule has 1 aromatic carbocycles. The molecule has 6 nitrogen and oxygen atoms in total. The van der Waals surface area contributed by atoms with Gasteiger partial charge in [-0.15, -0.1) is 22.7 Å². The van der Waals surface area contributed by atoms with Gasteiger partial charge in [0.2, 0.25) is 0 Å². The van der Waals surface area contributed by atoms with Crippen LogP contribution in [0.25, 0.3) is 10.2 Å². The quantitative estimate of drug-likeness (QED) is 0.555. The van der Waals surface area contributed by atoms with Crippen molar-refractivity contribution in [2.24, 2.45) is 0 Å². The first kappa shape index (κ1) is 20.4. The van der Waals surface area contributed by atoms with Crippen LogP contribution in [0.2, 0.25) is 0 Å². The van der Waals surface area contributed by atoms with Gasteiger partial charge in [-0.25, -0.2) is 4.98 Å². The van der Waals surface area contributed by atoms with E-state index in [2.05, 4.69) is 10.3 Å². The molecule has 0 bridgehead atoms. The molecule has 3 aromatic rings. The first-order valence-corrected chi connectivity index (χ1v) is 11.0. The third-order valence-electron chi connectivity index (χ3n) is 4.49. The zero-order valence-corrected chi connectivity index (χ0v) is 17.7. The molecule has 148 valence electrons. The van der Waals surface area contributed by atoms with Gasteiger partial charge in [0.25, 0.3) is 11.8 Å². The van der Waals surface area contributed by atoms with Crippen LogP contribution in [0, 0.1) is 0 Å². The number of para-hydroxylation sites is 1. The van der Waals surface area contributed by atoms with Gasteiger partial charge in [0, 0.05) is 11.9 Å². The van der Waals surface area contributed by atoms with Crippen molar-refractivity contribution >= 4 is 44.7 Å². The number of carbonyl (C=O) groups is 2. The molecule has 0 saturated heterocycles. The highest BCUT2D eigenvalue weighted by atomic mass is 32.1. The molecule has 2 aromatic heterocycles. The Morgan fingerprint density at radius 3 is 2.71 bits per heavy atom. The second-order valence-electron chi connectivity index (χ2n) is 6.64. The molecule has 1 unspecified atom stereocenters. The van der Waals surface area contributed by atoms with E-state index in [4.69, 9.17) is 0 Å². The van der Waals surface area contributed by atoms with Crippen LogP contribution in [0.4, 0.5) is 0 Å². The zero-order valence-electron chi connectivity index (χ0n) is 16.1. The van der Waals surface area contributed by atoms with Crippen molar-refractivity contribution in [1.29, 1.82) is 0 Å². The molecule has 28 heavy (non-hydrogen) atoms. The number of nitrogens with zero attached hydrogens (tertiary/aromatic N) is 2. The van der Waals surface area contributed by atoms with Crippen molar-refractivity contribution in [3.63, 3.8) is 0 Å². The summed E-state index contributed by atoms with van der Waals surface area (Å²) in [5, 5.41) is 5.84. The average Bonchev–Trinajstić information content (AvgIpc) is 3.34. The highest BCUT2D eigenvalue weighted by Crippen LogP contribution is 2.22. The van der Waals surface area contributed by atoms with Crippen LogP contribution in [0.3, 0.4) is 0 Å². The summed E-state index contributed by atoms with van der Waals surface area (Å²) >= 11 is 3.23. The Kier molecular flexibility index (Phi) is 7.13. The molecule has 2 N–H and O–H groups in total. The first-order valence-electron chi connectivity index (χ1n) is 9.26. The molecule has 0 spiro atoms. The fraction of sp³-hybridized carbons (Fsp3) is 0.350. The van der Waals surface area contributed by atoms with E-state index in [0.717, 1.165) is 25.0 Å². The van der Waals surface area contributed by atoms with Gasteiger partial charge in [0.1, 0.15) is 5.01 Å². The SMILES string of the molecule is CC[NH+](CC(=O)NCc1cccs1)CC(=O)N(C)Cc1nc2ccccc2s1. The first-order chi connectivity index (χ1) is 13.5. The monoisotopic (exact) mass is 417 g/mol. The molecule has 0 aliphatic heterocycles. The summed E-state index contributed by atoms with van der Waals surface area (Å²) < 4.78 is 1.13. The molecule has 0 aliphatic carbocycles. The van der Waals surface area contributed by atoms with Crippen LogP contribution in [-0.4, -0.2) is 48.4 Å². The lowest BCUT2D eigenvalue weighted by molar-refractivity contribution is -0.882. The Morgan fingerprint density at radius 2 is 2.00 bits per heavy atom. The minimum Gasteiger partial charge on any atom is -0.346 e. The molecule has 3 rings (SSSR count). The van der Waals surface area contributed by atoms with E-state index < -0.39 is 0 Å². The smallest absolute Gasteiger partial charge is 0.277 e. The van der Waals surface area contributed by atoms with Gasteiger partial charge in [0.15, 0.2) is 13.1 Å². The average molecular weight is 418 g/mol. The molecule has 2 amide bonds. The molecular formula is C20H25N4O2S2+. The van der Waals surface area contributed by atoms with Crippen LogP contribution in [0.1, 0.15) is 16.8 Å². The summed E-state index contributed by atoms with van der Waals surface area (Å²) in [6.07, 6.45) is 0. The van der Waals surface area contributed by atoms with Crippen molar-refractivity contribution in [3.8, 4) is 0 Å². The number of rotatable bonds is 9. The number of aromatic nitrogens is 1. The van der Waals surface area contributed by atoms with Gasteiger partial charge in [-0.3, -0.25) is 9.59 Å². The summed E-state index contributed by atoms with van der Waals surface area (Å²) in [6, 6.07) is 11.9. The summed E-state index contributed by atoms with van der Waals surface area (Å²) in [6.45, 7) is 4.32. The molecule has 1 atom stereocenters. The van der Waals surface area contributed by atoms with Crippen molar-refractivity contribution in [2.75, 3.05) is 26.7 Å². The Hall–Kier alpha value is -2.29. The topological polar surface area (TPSA) is 66.7 Å². The Labute approximate surface area is 172 Å². The number of fused-ring (bicyclic) bond motifs is 1. The van der Waals surface area contributed by atoms with Gasteiger partial charge in [-0.1, -0.05) is 18.2 Å². The number of hydrogen-bond acceptors (Lipinski definition) is 5. The zero-order chi connectivity index (χ0) is 19.9. The number of likely N-dealkylation sites (N-methyl/N-ethyl adjacent to an activating group) is 2. The lowest BCUT2D eigenvalue weighted by Crippen LogP contribution is -3.14. The van der Waals surface area contributed by atoms with Crippen molar-refractivity contribution in [2.45, 2.75) is 20.0 Å². The molecule has 2 heterocycles. The molecular weight excluding hydrogens is 392 g/mol. The van der Waals surface area contributed by atoms with Crippen molar-refractivity contribution < 1.29 is 14.5 Å². The minimum atomic E-state index is -0.0353. The third-order valence-corrected chi connectivity index (χ3v) is 6.39. The van der Waals surface area contributed by atoms with Gasteiger partial charge < -0.3 is 15.1 Å². The Balaban J connectivity index is 1.48. The van der Waals surface area contributed by atoms with E-state index in [1.807, 2.05) is 48.7 Å². The van der Waals surface area contributed by atoms with E-state index in [0.29, 0.717) is 32.7 Å². The normalized spacial score (nSPS) is 12.1. The Morgan fingerprint density at radius 1 is 1.18 bits per heavy atom. The number of amides is 2.